The molecule has 1 unspecified atom stereocenters. The highest BCUT2D eigenvalue weighted by Gasteiger charge is 2.89. The number of carbonyl (C=O) groups is 1. The maximum Gasteiger partial charge on any atom is 0.385 e. The predicted octanol–water partition coefficient (Wildman–Crippen LogP) is 4.45. The summed E-state index contributed by atoms with van der Waals surface area (Å²) in [4.78, 5) is 10.4. The van der Waals surface area contributed by atoms with E-state index in [-0.39, 0.29) is 6.08 Å². The molecule has 0 N–H and O–H groups in total. The Labute approximate surface area is 129 Å². The van der Waals surface area contributed by atoms with E-state index in [0.29, 0.717) is 0 Å². The molecule has 25 heavy (non-hydrogen) atoms. The molecule has 2 nitrogen and oxygen atoms in total. The number of hydrogen-bond acceptors (Lipinski definition) is 2. The molecule has 0 spiro atoms. The third kappa shape index (κ3) is 3.36. The van der Waals surface area contributed by atoms with Gasteiger partial charge in [-0.1, -0.05) is 6.58 Å². The molecule has 0 aromatic rings. The first-order valence-corrected chi connectivity index (χ1v) is 5.46. The Balaban J connectivity index is 6.10. The van der Waals surface area contributed by atoms with Gasteiger partial charge in [0.15, 0.2) is 0 Å². The number of rotatable bonds is 8. The average Bonchev–Trinajstić information content (AvgIpc) is 2.45. The summed E-state index contributed by atoms with van der Waals surface area (Å²) in [6, 6.07) is 0. The lowest BCUT2D eigenvalue weighted by atomic mass is 9.94. The Morgan fingerprint density at radius 3 is 1.44 bits per heavy atom. The highest BCUT2D eigenvalue weighted by atomic mass is 19.4. The molecule has 0 aliphatic heterocycles. The molecule has 0 rings (SSSR count). The van der Waals surface area contributed by atoms with Gasteiger partial charge in [0.1, 0.15) is 0 Å². The van der Waals surface area contributed by atoms with Crippen LogP contribution in [0, 0.1) is 0 Å². The van der Waals surface area contributed by atoms with E-state index in [9.17, 15) is 61.9 Å². The molecule has 0 aliphatic rings. The smallest absolute Gasteiger partial charge is 0.385 e. The molecule has 0 heterocycles. The standard InChI is InChI=1S/C10H5F13O2/c1-2-3(24)25-5(13)7(16,17)9(20,21)10(22,23)8(18,19)6(14,15)4(11)12/h2,4-5H,1H2. The van der Waals surface area contributed by atoms with Crippen molar-refractivity contribution in [1.29, 1.82) is 0 Å². The molecular weight excluding hydrogens is 399 g/mol. The van der Waals surface area contributed by atoms with Gasteiger partial charge in [-0.15, -0.1) is 0 Å². The van der Waals surface area contributed by atoms with Gasteiger partial charge in [-0.25, -0.2) is 13.6 Å². The topological polar surface area (TPSA) is 26.3 Å². The molecular formula is C10H5F13O2. The molecule has 148 valence electrons. The van der Waals surface area contributed by atoms with Gasteiger partial charge in [0.25, 0.3) is 0 Å². The predicted molar refractivity (Wildman–Crippen MR) is 51.9 cm³/mol. The summed E-state index contributed by atoms with van der Waals surface area (Å²) in [6.45, 7) is 2.47. The van der Waals surface area contributed by atoms with Crippen LogP contribution >= 0.6 is 0 Å². The number of esters is 1. The minimum absolute atomic E-state index is 0.126. The van der Waals surface area contributed by atoms with Crippen molar-refractivity contribution in [2.75, 3.05) is 0 Å². The number of hydrogen-bond donors (Lipinski definition) is 0. The Bertz CT molecular complexity index is 513. The van der Waals surface area contributed by atoms with E-state index >= 15 is 0 Å². The SMILES string of the molecule is C=CC(=O)OC(F)C(F)(F)C(F)(F)C(F)(F)C(F)(F)C(F)(F)C(F)F. The fourth-order valence-electron chi connectivity index (χ4n) is 1.12. The summed E-state index contributed by atoms with van der Waals surface area (Å²) in [6.07, 6.45) is -10.8. The van der Waals surface area contributed by atoms with Crippen LogP contribution in [0.15, 0.2) is 12.7 Å². The molecule has 0 saturated heterocycles. The monoisotopic (exact) mass is 404 g/mol. The van der Waals surface area contributed by atoms with Gasteiger partial charge in [0.05, 0.1) is 0 Å². The fraction of sp³-hybridized carbons (Fsp3) is 0.700. The molecule has 0 aromatic heterocycles. The maximum absolute atomic E-state index is 13.1. The zero-order valence-electron chi connectivity index (χ0n) is 11.2. The van der Waals surface area contributed by atoms with Crippen molar-refractivity contribution in [3.8, 4) is 0 Å². The third-order valence-electron chi connectivity index (χ3n) is 2.57. The van der Waals surface area contributed by atoms with Gasteiger partial charge in [-0.05, 0) is 0 Å². The Kier molecular flexibility index (Phi) is 6.11. The summed E-state index contributed by atoms with van der Waals surface area (Å²) in [5.74, 6) is -39.8. The van der Waals surface area contributed by atoms with Crippen molar-refractivity contribution in [2.45, 2.75) is 42.4 Å². The van der Waals surface area contributed by atoms with Gasteiger partial charge in [-0.2, -0.15) is 48.3 Å². The zero-order valence-corrected chi connectivity index (χ0v) is 11.2. The van der Waals surface area contributed by atoms with Gasteiger partial charge >= 0.3 is 48.4 Å². The van der Waals surface area contributed by atoms with Crippen LogP contribution in [0.5, 0.6) is 0 Å². The number of carbonyl (C=O) groups excluding carboxylic acids is 1. The molecule has 0 radical (unpaired) electrons. The van der Waals surface area contributed by atoms with E-state index in [1.807, 2.05) is 0 Å². The van der Waals surface area contributed by atoms with E-state index < -0.39 is 48.4 Å². The van der Waals surface area contributed by atoms with Crippen LogP contribution in [0.1, 0.15) is 0 Å². The van der Waals surface area contributed by atoms with Crippen molar-refractivity contribution in [3.63, 3.8) is 0 Å². The Morgan fingerprint density at radius 2 is 1.12 bits per heavy atom. The third-order valence-corrected chi connectivity index (χ3v) is 2.57. The molecule has 0 aliphatic carbocycles. The van der Waals surface area contributed by atoms with E-state index in [4.69, 9.17) is 0 Å². The van der Waals surface area contributed by atoms with E-state index in [0.717, 1.165) is 0 Å². The van der Waals surface area contributed by atoms with Gasteiger partial charge in [0, 0.05) is 6.08 Å². The normalized spacial score (nSPS) is 15.9. The second-order valence-electron chi connectivity index (χ2n) is 4.23. The highest BCUT2D eigenvalue weighted by Crippen LogP contribution is 2.59. The number of alkyl halides is 13. The molecule has 0 saturated carbocycles. The minimum Gasteiger partial charge on any atom is -0.421 e. The molecule has 0 aromatic carbocycles. The average molecular weight is 404 g/mol. The maximum atomic E-state index is 13.1. The fourth-order valence-corrected chi connectivity index (χ4v) is 1.12. The van der Waals surface area contributed by atoms with Crippen LogP contribution in [0.2, 0.25) is 0 Å². The van der Waals surface area contributed by atoms with Crippen LogP contribution in [0.3, 0.4) is 0 Å². The first-order valence-electron chi connectivity index (χ1n) is 5.46. The van der Waals surface area contributed by atoms with Crippen LogP contribution < -0.4 is 0 Å². The summed E-state index contributed by atoms with van der Waals surface area (Å²) in [7, 11) is 0. The first kappa shape index (κ1) is 23.3. The van der Waals surface area contributed by atoms with Crippen LogP contribution in [-0.4, -0.2) is 48.4 Å². The van der Waals surface area contributed by atoms with Gasteiger partial charge < -0.3 is 4.74 Å². The van der Waals surface area contributed by atoms with E-state index in [1.54, 1.807) is 0 Å². The van der Waals surface area contributed by atoms with Crippen molar-refractivity contribution in [2.24, 2.45) is 0 Å². The Morgan fingerprint density at radius 1 is 0.760 bits per heavy atom. The lowest BCUT2D eigenvalue weighted by Gasteiger charge is -2.39. The first-order chi connectivity index (χ1) is 10.8. The van der Waals surface area contributed by atoms with Gasteiger partial charge in [-0.3, -0.25) is 0 Å². The second kappa shape index (κ2) is 6.55. The highest BCUT2D eigenvalue weighted by molar-refractivity contribution is 5.81. The molecule has 15 heteroatoms. The summed E-state index contributed by atoms with van der Waals surface area (Å²) < 4.78 is 168. The molecule has 0 fully saturated rings. The van der Waals surface area contributed by atoms with Crippen molar-refractivity contribution >= 4 is 5.97 Å². The summed E-state index contributed by atoms with van der Waals surface area (Å²) >= 11 is 0. The lowest BCUT2D eigenvalue weighted by Crippen LogP contribution is -2.70. The number of ether oxygens (including phenoxy) is 1. The number of halogens is 13. The Hall–Kier alpha value is -1.70. The molecule has 0 bridgehead atoms. The zero-order chi connectivity index (χ0) is 20.6. The molecule has 0 amide bonds. The van der Waals surface area contributed by atoms with E-state index in [1.165, 1.54) is 0 Å². The van der Waals surface area contributed by atoms with Crippen molar-refractivity contribution in [3.05, 3.63) is 12.7 Å². The second-order valence-corrected chi connectivity index (χ2v) is 4.23. The lowest BCUT2D eigenvalue weighted by molar-refractivity contribution is -0.425. The van der Waals surface area contributed by atoms with Crippen molar-refractivity contribution < 1.29 is 66.6 Å². The van der Waals surface area contributed by atoms with Crippen LogP contribution in [-0.2, 0) is 9.53 Å². The van der Waals surface area contributed by atoms with Crippen molar-refractivity contribution in [1.82, 2.24) is 0 Å². The minimum atomic E-state index is -7.89. The largest absolute Gasteiger partial charge is 0.421 e. The quantitative estimate of drug-likeness (QED) is 0.340. The van der Waals surface area contributed by atoms with Gasteiger partial charge in [0.2, 0.25) is 0 Å². The van der Waals surface area contributed by atoms with Crippen LogP contribution in [0.25, 0.3) is 0 Å². The summed E-state index contributed by atoms with van der Waals surface area (Å²) in [5.41, 5.74) is 0. The molecule has 1 atom stereocenters. The van der Waals surface area contributed by atoms with Crippen LogP contribution in [0.4, 0.5) is 57.1 Å². The van der Waals surface area contributed by atoms with E-state index in [2.05, 4.69) is 11.3 Å². The summed E-state index contributed by atoms with van der Waals surface area (Å²) in [5, 5.41) is 0.